The molecule has 4 atom stereocenters. The van der Waals surface area contributed by atoms with Crippen LogP contribution in [-0.4, -0.2) is 71.4 Å². The van der Waals surface area contributed by atoms with Crippen LogP contribution in [0.25, 0.3) is 0 Å². The van der Waals surface area contributed by atoms with Gasteiger partial charge in [-0.15, -0.1) is 0 Å². The third-order valence-corrected chi connectivity index (χ3v) is 6.15. The Kier molecular flexibility index (Phi) is 3.86. The minimum Gasteiger partial charge on any atom is -0.360 e. The fourth-order valence-corrected chi connectivity index (χ4v) is 4.89. The van der Waals surface area contributed by atoms with Crippen LogP contribution in [0.2, 0.25) is 0 Å². The monoisotopic (exact) mass is 347 g/mol. The largest absolute Gasteiger partial charge is 0.360 e. The lowest BCUT2D eigenvalue weighted by Gasteiger charge is -2.32. The Hall–Kier alpha value is -1.89. The van der Waals surface area contributed by atoms with Crippen LogP contribution in [0.4, 0.5) is 0 Å². The first kappa shape index (κ1) is 16.6. The normalized spacial score (nSPS) is 36.4. The number of piperazine rings is 1. The maximum Gasteiger partial charge on any atom is 0.239 e. The van der Waals surface area contributed by atoms with Gasteiger partial charge in [-0.05, 0) is 12.8 Å². The predicted octanol–water partition coefficient (Wildman–Crippen LogP) is -0.0846. The summed E-state index contributed by atoms with van der Waals surface area (Å²) in [5.41, 5.74) is -0.664. The molecule has 0 aliphatic carbocycles. The van der Waals surface area contributed by atoms with Crippen LogP contribution >= 0.6 is 0 Å². The number of nitrogens with zero attached hydrogens (tertiary/aromatic N) is 2. The fourth-order valence-electron chi connectivity index (χ4n) is 4.89. The van der Waals surface area contributed by atoms with Crippen LogP contribution in [0.5, 0.6) is 0 Å². The van der Waals surface area contributed by atoms with Gasteiger partial charge < -0.3 is 19.9 Å². The zero-order chi connectivity index (χ0) is 17.8. The second kappa shape index (κ2) is 5.83. The molecule has 2 unspecified atom stereocenters. The minimum absolute atomic E-state index is 0.0281. The molecule has 4 aliphatic rings. The van der Waals surface area contributed by atoms with Crippen molar-refractivity contribution in [1.29, 1.82) is 0 Å². The van der Waals surface area contributed by atoms with E-state index in [2.05, 4.69) is 19.2 Å². The Balaban J connectivity index is 1.61. The highest BCUT2D eigenvalue weighted by atomic mass is 16.5. The molecule has 7 nitrogen and oxygen atoms in total. The van der Waals surface area contributed by atoms with E-state index in [1.54, 1.807) is 4.90 Å². The van der Waals surface area contributed by atoms with Crippen molar-refractivity contribution in [1.82, 2.24) is 15.1 Å². The SMILES string of the molecule is CCC(CC)N1C[C@]23C=C[C@H](O2)C(C(=O)N2CCNC(=O)C2)C3C1=O. The third-order valence-electron chi connectivity index (χ3n) is 6.15. The number of ether oxygens (including phenoxy) is 1. The molecular formula is C18H25N3O4. The summed E-state index contributed by atoms with van der Waals surface area (Å²) in [6.07, 6.45) is 5.34. The highest BCUT2D eigenvalue weighted by Gasteiger charge is 2.67. The van der Waals surface area contributed by atoms with E-state index >= 15 is 0 Å². The molecule has 0 aromatic carbocycles. The van der Waals surface area contributed by atoms with Gasteiger partial charge in [0, 0.05) is 19.1 Å². The van der Waals surface area contributed by atoms with Crippen LogP contribution in [-0.2, 0) is 19.1 Å². The summed E-state index contributed by atoms with van der Waals surface area (Å²) in [5.74, 6) is -1.22. The van der Waals surface area contributed by atoms with Crippen molar-refractivity contribution in [3.8, 4) is 0 Å². The second-order valence-electron chi connectivity index (χ2n) is 7.45. The van der Waals surface area contributed by atoms with E-state index in [-0.39, 0.29) is 36.4 Å². The van der Waals surface area contributed by atoms with Gasteiger partial charge in [-0.2, -0.15) is 0 Å². The summed E-state index contributed by atoms with van der Waals surface area (Å²) >= 11 is 0. The molecule has 0 radical (unpaired) electrons. The maximum absolute atomic E-state index is 13.2. The summed E-state index contributed by atoms with van der Waals surface area (Å²) in [6, 6.07) is 0.181. The maximum atomic E-state index is 13.2. The van der Waals surface area contributed by atoms with Gasteiger partial charge in [-0.3, -0.25) is 14.4 Å². The quantitative estimate of drug-likeness (QED) is 0.721. The second-order valence-corrected chi connectivity index (χ2v) is 7.45. The van der Waals surface area contributed by atoms with E-state index < -0.39 is 17.4 Å². The van der Waals surface area contributed by atoms with Gasteiger partial charge in [0.1, 0.15) is 5.60 Å². The van der Waals surface area contributed by atoms with Gasteiger partial charge >= 0.3 is 0 Å². The van der Waals surface area contributed by atoms with E-state index in [1.807, 2.05) is 17.1 Å². The van der Waals surface area contributed by atoms with Crippen LogP contribution < -0.4 is 5.32 Å². The van der Waals surface area contributed by atoms with Crippen LogP contribution in [0.3, 0.4) is 0 Å². The standard InChI is InChI=1S/C18H25N3O4/c1-3-11(4-2)21-10-18-6-5-12(25-18)14(15(18)17(21)24)16(23)20-8-7-19-13(22)9-20/h5-6,11-12,14-15H,3-4,7-10H2,1-2H3,(H,19,22)/t12-,14?,15?,18-/m0/s1. The lowest BCUT2D eigenvalue weighted by atomic mass is 9.76. The number of amides is 3. The van der Waals surface area contributed by atoms with Crippen molar-refractivity contribution >= 4 is 17.7 Å². The molecule has 7 heteroatoms. The van der Waals surface area contributed by atoms with Crippen molar-refractivity contribution in [2.75, 3.05) is 26.2 Å². The zero-order valence-corrected chi connectivity index (χ0v) is 14.7. The van der Waals surface area contributed by atoms with E-state index in [4.69, 9.17) is 4.74 Å². The van der Waals surface area contributed by atoms with Crippen molar-refractivity contribution in [3.05, 3.63) is 12.2 Å². The molecule has 25 heavy (non-hydrogen) atoms. The Labute approximate surface area is 147 Å². The van der Waals surface area contributed by atoms with Gasteiger partial charge in [-0.1, -0.05) is 26.0 Å². The summed E-state index contributed by atoms with van der Waals surface area (Å²) in [7, 11) is 0. The Morgan fingerprint density at radius 2 is 2.16 bits per heavy atom. The van der Waals surface area contributed by atoms with E-state index in [9.17, 15) is 14.4 Å². The molecule has 0 aromatic heterocycles. The summed E-state index contributed by atoms with van der Waals surface area (Å²) < 4.78 is 6.15. The molecule has 1 N–H and O–H groups in total. The summed E-state index contributed by atoms with van der Waals surface area (Å²) in [6.45, 7) is 5.70. The van der Waals surface area contributed by atoms with Gasteiger partial charge in [0.25, 0.3) is 0 Å². The van der Waals surface area contributed by atoms with Crippen LogP contribution in [0, 0.1) is 11.8 Å². The smallest absolute Gasteiger partial charge is 0.239 e. The number of hydrogen-bond acceptors (Lipinski definition) is 4. The number of carbonyl (C=O) groups excluding carboxylic acids is 3. The van der Waals surface area contributed by atoms with Crippen LogP contribution in [0.15, 0.2) is 12.2 Å². The van der Waals surface area contributed by atoms with Crippen molar-refractivity contribution in [2.45, 2.75) is 44.4 Å². The highest BCUT2D eigenvalue weighted by Crippen LogP contribution is 2.52. The van der Waals surface area contributed by atoms with E-state index in [1.165, 1.54) is 0 Å². The molecule has 3 saturated heterocycles. The van der Waals surface area contributed by atoms with Gasteiger partial charge in [0.15, 0.2) is 0 Å². The first-order valence-electron chi connectivity index (χ1n) is 9.24. The van der Waals surface area contributed by atoms with E-state index in [0.717, 1.165) is 12.8 Å². The average Bonchev–Trinajstić information content (AvgIpc) is 3.24. The highest BCUT2D eigenvalue weighted by molar-refractivity contribution is 5.94. The minimum atomic E-state index is -0.664. The zero-order valence-electron chi connectivity index (χ0n) is 14.7. The Morgan fingerprint density at radius 3 is 2.84 bits per heavy atom. The average molecular weight is 347 g/mol. The van der Waals surface area contributed by atoms with E-state index in [0.29, 0.717) is 19.6 Å². The van der Waals surface area contributed by atoms with Crippen LogP contribution in [0.1, 0.15) is 26.7 Å². The number of carbonyl (C=O) groups is 3. The Morgan fingerprint density at radius 1 is 1.40 bits per heavy atom. The number of hydrogen-bond donors (Lipinski definition) is 1. The molecule has 1 spiro atoms. The molecule has 4 aliphatic heterocycles. The first-order chi connectivity index (χ1) is 12.0. The number of fused-ring (bicyclic) bond motifs is 1. The fraction of sp³-hybridized carbons (Fsp3) is 0.722. The molecule has 136 valence electrons. The van der Waals surface area contributed by atoms with Crippen molar-refractivity contribution in [3.63, 3.8) is 0 Å². The summed E-state index contributed by atoms with van der Waals surface area (Å²) in [4.78, 5) is 41.4. The number of likely N-dealkylation sites (tertiary alicyclic amines) is 1. The third kappa shape index (κ3) is 2.32. The molecule has 3 amide bonds. The number of nitrogens with one attached hydrogen (secondary N) is 1. The Bertz CT molecular complexity index is 644. The molecule has 0 aromatic rings. The molecule has 4 heterocycles. The number of rotatable bonds is 4. The lowest BCUT2D eigenvalue weighted by Crippen LogP contribution is -2.54. The molecular weight excluding hydrogens is 322 g/mol. The molecule has 3 fully saturated rings. The predicted molar refractivity (Wildman–Crippen MR) is 89.4 cm³/mol. The molecule has 2 bridgehead atoms. The summed E-state index contributed by atoms with van der Waals surface area (Å²) in [5, 5.41) is 2.73. The topological polar surface area (TPSA) is 79.0 Å². The van der Waals surface area contributed by atoms with Gasteiger partial charge in [0.2, 0.25) is 17.7 Å². The molecule has 4 rings (SSSR count). The van der Waals surface area contributed by atoms with Gasteiger partial charge in [0.05, 0.1) is 31.0 Å². The molecule has 0 saturated carbocycles. The van der Waals surface area contributed by atoms with Crippen molar-refractivity contribution < 1.29 is 19.1 Å². The lowest BCUT2D eigenvalue weighted by molar-refractivity contribution is -0.146. The first-order valence-corrected chi connectivity index (χ1v) is 9.24. The van der Waals surface area contributed by atoms with Gasteiger partial charge in [-0.25, -0.2) is 0 Å². The van der Waals surface area contributed by atoms with Crippen molar-refractivity contribution in [2.24, 2.45) is 11.8 Å².